The Kier molecular flexibility index (Phi) is 5.03. The maximum atomic E-state index is 12.2. The van der Waals surface area contributed by atoms with Gasteiger partial charge in [0.15, 0.2) is 5.78 Å². The van der Waals surface area contributed by atoms with E-state index in [1.54, 1.807) is 50.6 Å². The molecule has 1 aromatic heterocycles. The Balaban J connectivity index is 1.79. The first-order valence-corrected chi connectivity index (χ1v) is 7.96. The number of aromatic amines is 1. The third kappa shape index (κ3) is 3.92. The van der Waals surface area contributed by atoms with Crippen LogP contribution in [0.15, 0.2) is 54.6 Å². The standard InChI is InChI=1S/C20H19N3O3/c1-25-17-9-14(10-18(12-17)26-2)19-11-16(22-23-19)7-8-20(24)13-3-5-15(21)6-4-13/h3-12H,21H2,1-2H3,(H,22,23)/b8-7+. The number of rotatable bonds is 6. The largest absolute Gasteiger partial charge is 0.497 e. The van der Waals surface area contributed by atoms with Crippen LogP contribution in [0.3, 0.4) is 0 Å². The average Bonchev–Trinajstić information content (AvgIpc) is 3.15. The van der Waals surface area contributed by atoms with Crippen LogP contribution < -0.4 is 15.2 Å². The fraction of sp³-hybridized carbons (Fsp3) is 0.100. The van der Waals surface area contributed by atoms with Crippen LogP contribution in [0, 0.1) is 0 Å². The quantitative estimate of drug-likeness (QED) is 0.403. The van der Waals surface area contributed by atoms with Crippen LogP contribution in [-0.4, -0.2) is 30.2 Å². The number of hydrogen-bond acceptors (Lipinski definition) is 5. The number of ketones is 1. The van der Waals surface area contributed by atoms with Crippen molar-refractivity contribution in [3.8, 4) is 22.8 Å². The molecule has 0 fully saturated rings. The van der Waals surface area contributed by atoms with Crippen molar-refractivity contribution in [1.82, 2.24) is 10.2 Å². The number of carbonyl (C=O) groups is 1. The predicted molar refractivity (Wildman–Crippen MR) is 101 cm³/mol. The number of nitrogens with two attached hydrogens (primary N) is 1. The number of nitrogens with zero attached hydrogens (tertiary/aromatic N) is 1. The fourth-order valence-corrected chi connectivity index (χ4v) is 2.43. The number of ether oxygens (including phenoxy) is 2. The lowest BCUT2D eigenvalue weighted by Gasteiger charge is -2.06. The number of nitrogen functional groups attached to an aromatic ring is 1. The van der Waals surface area contributed by atoms with Gasteiger partial charge in [0.1, 0.15) is 11.5 Å². The van der Waals surface area contributed by atoms with E-state index in [0.29, 0.717) is 28.4 Å². The Bertz CT molecular complexity index is 921. The second-order valence-corrected chi connectivity index (χ2v) is 5.63. The molecule has 0 aliphatic carbocycles. The van der Waals surface area contributed by atoms with Gasteiger partial charge >= 0.3 is 0 Å². The molecule has 0 aliphatic rings. The molecule has 1 heterocycles. The molecule has 26 heavy (non-hydrogen) atoms. The van der Waals surface area contributed by atoms with Crippen molar-refractivity contribution in [3.63, 3.8) is 0 Å². The van der Waals surface area contributed by atoms with Gasteiger partial charge < -0.3 is 15.2 Å². The summed E-state index contributed by atoms with van der Waals surface area (Å²) in [5, 5.41) is 7.19. The summed E-state index contributed by atoms with van der Waals surface area (Å²) in [7, 11) is 3.19. The van der Waals surface area contributed by atoms with Crippen molar-refractivity contribution in [1.29, 1.82) is 0 Å². The van der Waals surface area contributed by atoms with Crippen LogP contribution in [0.25, 0.3) is 17.3 Å². The second kappa shape index (κ2) is 7.57. The molecule has 0 radical (unpaired) electrons. The van der Waals surface area contributed by atoms with Crippen molar-refractivity contribution in [2.75, 3.05) is 20.0 Å². The number of hydrogen-bond donors (Lipinski definition) is 2. The van der Waals surface area contributed by atoms with Crippen molar-refractivity contribution in [2.45, 2.75) is 0 Å². The minimum atomic E-state index is -0.107. The Morgan fingerprint density at radius 1 is 1.04 bits per heavy atom. The van der Waals surface area contributed by atoms with Gasteiger partial charge in [-0.3, -0.25) is 9.89 Å². The minimum Gasteiger partial charge on any atom is -0.497 e. The lowest BCUT2D eigenvalue weighted by molar-refractivity contribution is 0.104. The summed E-state index contributed by atoms with van der Waals surface area (Å²) in [6.45, 7) is 0. The number of methoxy groups -OCH3 is 2. The summed E-state index contributed by atoms with van der Waals surface area (Å²) < 4.78 is 10.6. The second-order valence-electron chi connectivity index (χ2n) is 5.63. The number of H-pyrrole nitrogens is 1. The van der Waals surface area contributed by atoms with E-state index >= 15 is 0 Å². The Labute approximate surface area is 151 Å². The summed E-state index contributed by atoms with van der Waals surface area (Å²) in [5.41, 5.74) is 9.12. The molecule has 0 saturated heterocycles. The molecule has 132 valence electrons. The van der Waals surface area contributed by atoms with Gasteiger partial charge in [0.25, 0.3) is 0 Å². The highest BCUT2D eigenvalue weighted by molar-refractivity contribution is 6.06. The van der Waals surface area contributed by atoms with E-state index in [1.807, 2.05) is 18.2 Å². The number of allylic oxidation sites excluding steroid dienone is 1. The molecule has 0 saturated carbocycles. The third-order valence-electron chi connectivity index (χ3n) is 3.85. The molecule has 0 aliphatic heterocycles. The molecule has 0 unspecified atom stereocenters. The van der Waals surface area contributed by atoms with Crippen molar-refractivity contribution in [2.24, 2.45) is 0 Å². The molecule has 0 bridgehead atoms. The van der Waals surface area contributed by atoms with E-state index in [-0.39, 0.29) is 5.78 Å². The van der Waals surface area contributed by atoms with Crippen molar-refractivity contribution < 1.29 is 14.3 Å². The van der Waals surface area contributed by atoms with Crippen LogP contribution in [-0.2, 0) is 0 Å². The van der Waals surface area contributed by atoms with E-state index in [9.17, 15) is 4.79 Å². The number of nitrogens with one attached hydrogen (secondary N) is 1. The highest BCUT2D eigenvalue weighted by Crippen LogP contribution is 2.29. The molecule has 6 nitrogen and oxygen atoms in total. The number of benzene rings is 2. The Hall–Kier alpha value is -3.54. The predicted octanol–water partition coefficient (Wildman–Crippen LogP) is 3.57. The molecule has 3 aromatic rings. The fourth-order valence-electron chi connectivity index (χ4n) is 2.43. The van der Waals surface area contributed by atoms with Crippen molar-refractivity contribution >= 4 is 17.5 Å². The zero-order chi connectivity index (χ0) is 18.5. The van der Waals surface area contributed by atoms with Crippen LogP contribution in [0.1, 0.15) is 16.1 Å². The molecular formula is C20H19N3O3. The normalized spacial score (nSPS) is 10.8. The van der Waals surface area contributed by atoms with Gasteiger partial charge in [0, 0.05) is 22.9 Å². The van der Waals surface area contributed by atoms with E-state index in [2.05, 4.69) is 10.2 Å². The molecule has 0 spiro atoms. The van der Waals surface area contributed by atoms with Gasteiger partial charge in [-0.25, -0.2) is 0 Å². The molecule has 2 aromatic carbocycles. The molecule has 6 heteroatoms. The molecule has 0 atom stereocenters. The molecular weight excluding hydrogens is 330 g/mol. The van der Waals surface area contributed by atoms with Crippen LogP contribution in [0.2, 0.25) is 0 Å². The minimum absolute atomic E-state index is 0.107. The van der Waals surface area contributed by atoms with E-state index in [0.717, 1.165) is 11.3 Å². The smallest absolute Gasteiger partial charge is 0.185 e. The summed E-state index contributed by atoms with van der Waals surface area (Å²) in [6.07, 6.45) is 3.18. The average molecular weight is 349 g/mol. The van der Waals surface area contributed by atoms with Crippen molar-refractivity contribution in [3.05, 3.63) is 65.9 Å². The number of aromatic nitrogens is 2. The van der Waals surface area contributed by atoms with Crippen LogP contribution in [0.4, 0.5) is 5.69 Å². The number of carbonyl (C=O) groups excluding carboxylic acids is 1. The lowest BCUT2D eigenvalue weighted by Crippen LogP contribution is -1.94. The Morgan fingerprint density at radius 3 is 2.31 bits per heavy atom. The summed E-state index contributed by atoms with van der Waals surface area (Å²) >= 11 is 0. The van der Waals surface area contributed by atoms with E-state index in [1.165, 1.54) is 6.08 Å². The third-order valence-corrected chi connectivity index (χ3v) is 3.85. The summed E-state index contributed by atoms with van der Waals surface area (Å²) in [4.78, 5) is 12.2. The lowest BCUT2D eigenvalue weighted by atomic mass is 10.1. The van der Waals surface area contributed by atoms with E-state index in [4.69, 9.17) is 15.2 Å². The first-order valence-electron chi connectivity index (χ1n) is 7.96. The molecule has 3 rings (SSSR count). The van der Waals surface area contributed by atoms with Gasteiger partial charge in [0.05, 0.1) is 25.6 Å². The SMILES string of the molecule is COc1cc(OC)cc(-c2cc(/C=C/C(=O)c3ccc(N)cc3)[nH]n2)c1. The first-order chi connectivity index (χ1) is 12.6. The van der Waals surface area contributed by atoms with E-state index < -0.39 is 0 Å². The topological polar surface area (TPSA) is 90.2 Å². The van der Waals surface area contributed by atoms with Gasteiger partial charge in [-0.2, -0.15) is 5.10 Å². The Morgan fingerprint density at radius 2 is 1.69 bits per heavy atom. The molecule has 3 N–H and O–H groups in total. The maximum Gasteiger partial charge on any atom is 0.185 e. The molecule has 0 amide bonds. The summed E-state index contributed by atoms with van der Waals surface area (Å²) in [5.74, 6) is 1.25. The van der Waals surface area contributed by atoms with Gasteiger partial charge in [-0.05, 0) is 54.6 Å². The summed E-state index contributed by atoms with van der Waals surface area (Å²) in [6, 6.07) is 14.2. The maximum absolute atomic E-state index is 12.2. The first kappa shape index (κ1) is 17.3. The van der Waals surface area contributed by atoms with Gasteiger partial charge in [-0.1, -0.05) is 0 Å². The zero-order valence-electron chi connectivity index (χ0n) is 14.5. The zero-order valence-corrected chi connectivity index (χ0v) is 14.5. The van der Waals surface area contributed by atoms with Crippen LogP contribution in [0.5, 0.6) is 11.5 Å². The monoisotopic (exact) mass is 349 g/mol. The van der Waals surface area contributed by atoms with Crippen LogP contribution >= 0.6 is 0 Å². The number of anilines is 1. The highest BCUT2D eigenvalue weighted by Gasteiger charge is 2.08. The highest BCUT2D eigenvalue weighted by atomic mass is 16.5. The van der Waals surface area contributed by atoms with Gasteiger partial charge in [-0.15, -0.1) is 0 Å². The van der Waals surface area contributed by atoms with Gasteiger partial charge in [0.2, 0.25) is 0 Å².